The van der Waals surface area contributed by atoms with Gasteiger partial charge in [-0.05, 0) is 37.0 Å². The van der Waals surface area contributed by atoms with Crippen molar-refractivity contribution in [1.82, 2.24) is 5.32 Å². The normalized spacial score (nSPS) is 17.0. The lowest BCUT2D eigenvalue weighted by molar-refractivity contribution is -0.126. The van der Waals surface area contributed by atoms with Crippen LogP contribution in [0.5, 0.6) is 0 Å². The maximum atomic E-state index is 12.1. The number of primary amides is 1. The van der Waals surface area contributed by atoms with Crippen LogP contribution in [0.15, 0.2) is 24.3 Å². The molecule has 5 heteroatoms. The highest BCUT2D eigenvalue weighted by Gasteiger charge is 2.37. The van der Waals surface area contributed by atoms with Gasteiger partial charge in [-0.25, -0.2) is 0 Å². The maximum absolute atomic E-state index is 12.1. The van der Waals surface area contributed by atoms with E-state index in [1.54, 1.807) is 0 Å². The van der Waals surface area contributed by atoms with Gasteiger partial charge in [-0.1, -0.05) is 38.3 Å². The van der Waals surface area contributed by atoms with Crippen molar-refractivity contribution in [2.45, 2.75) is 51.0 Å². The summed E-state index contributed by atoms with van der Waals surface area (Å²) in [5.74, 6) is -0.507. The average molecular weight is 303 g/mol. The molecule has 0 unspecified atom stereocenters. The molecule has 0 radical (unpaired) electrons. The molecule has 1 aromatic rings. The molecule has 120 valence electrons. The number of aryl methyl sites for hydroxylation is 1. The molecule has 1 aromatic carbocycles. The quantitative estimate of drug-likeness (QED) is 0.751. The van der Waals surface area contributed by atoms with Crippen molar-refractivity contribution in [3.63, 3.8) is 0 Å². The van der Waals surface area contributed by atoms with Crippen LogP contribution in [0.1, 0.15) is 44.6 Å². The Hall–Kier alpha value is -1.88. The monoisotopic (exact) mass is 303 g/mol. The largest absolute Gasteiger partial charge is 0.368 e. The lowest BCUT2D eigenvalue weighted by Crippen LogP contribution is -2.58. The van der Waals surface area contributed by atoms with Gasteiger partial charge in [0, 0.05) is 5.69 Å². The number of hydrogen-bond donors (Lipinski definition) is 3. The smallest absolute Gasteiger partial charge is 0.238 e. The summed E-state index contributed by atoms with van der Waals surface area (Å²) in [5.41, 5.74) is 6.78. The molecule has 0 atom stereocenters. The van der Waals surface area contributed by atoms with E-state index in [4.69, 9.17) is 5.73 Å². The van der Waals surface area contributed by atoms with Gasteiger partial charge in [0.1, 0.15) is 0 Å². The minimum absolute atomic E-state index is 0.0965. The number of carbonyl (C=O) groups excluding carboxylic acids is 2. The maximum Gasteiger partial charge on any atom is 0.238 e. The van der Waals surface area contributed by atoms with Crippen LogP contribution in [0.25, 0.3) is 0 Å². The van der Waals surface area contributed by atoms with Gasteiger partial charge in [0.15, 0.2) is 0 Å². The Kier molecular flexibility index (Phi) is 5.55. The number of nitrogens with one attached hydrogen (secondary N) is 2. The van der Waals surface area contributed by atoms with Crippen molar-refractivity contribution in [1.29, 1.82) is 0 Å². The molecule has 2 amide bonds. The fraction of sp³-hybridized carbons (Fsp3) is 0.529. The summed E-state index contributed by atoms with van der Waals surface area (Å²) in [6.45, 7) is 2.17. The Morgan fingerprint density at radius 2 is 1.95 bits per heavy atom. The molecule has 0 spiro atoms. The van der Waals surface area contributed by atoms with Gasteiger partial charge >= 0.3 is 0 Å². The van der Waals surface area contributed by atoms with Crippen LogP contribution < -0.4 is 16.4 Å². The minimum atomic E-state index is -0.721. The van der Waals surface area contributed by atoms with Crippen molar-refractivity contribution in [2.24, 2.45) is 5.73 Å². The van der Waals surface area contributed by atoms with Crippen LogP contribution >= 0.6 is 0 Å². The van der Waals surface area contributed by atoms with Crippen LogP contribution in [-0.4, -0.2) is 23.9 Å². The van der Waals surface area contributed by atoms with Gasteiger partial charge in [-0.2, -0.15) is 0 Å². The van der Waals surface area contributed by atoms with E-state index in [-0.39, 0.29) is 18.4 Å². The molecule has 1 aliphatic carbocycles. The summed E-state index contributed by atoms with van der Waals surface area (Å²) in [5, 5.41) is 5.96. The summed E-state index contributed by atoms with van der Waals surface area (Å²) in [7, 11) is 0. The van der Waals surface area contributed by atoms with Crippen molar-refractivity contribution in [3.8, 4) is 0 Å². The lowest BCUT2D eigenvalue weighted by atomic mass is 9.81. The Balaban J connectivity index is 1.92. The van der Waals surface area contributed by atoms with Crippen LogP contribution in [-0.2, 0) is 16.0 Å². The number of carbonyl (C=O) groups is 2. The zero-order valence-corrected chi connectivity index (χ0v) is 13.2. The van der Waals surface area contributed by atoms with Gasteiger partial charge in [0.2, 0.25) is 11.8 Å². The zero-order valence-electron chi connectivity index (χ0n) is 13.2. The molecule has 1 fully saturated rings. The molecule has 22 heavy (non-hydrogen) atoms. The van der Waals surface area contributed by atoms with E-state index in [9.17, 15) is 9.59 Å². The van der Waals surface area contributed by atoms with E-state index in [1.807, 2.05) is 24.3 Å². The van der Waals surface area contributed by atoms with E-state index in [0.29, 0.717) is 12.8 Å². The van der Waals surface area contributed by atoms with Crippen molar-refractivity contribution < 1.29 is 9.59 Å². The zero-order chi connectivity index (χ0) is 16.0. The third-order valence-electron chi connectivity index (χ3n) is 4.39. The highest BCUT2D eigenvalue weighted by Crippen LogP contribution is 2.27. The highest BCUT2D eigenvalue weighted by atomic mass is 16.2. The molecule has 0 saturated heterocycles. The summed E-state index contributed by atoms with van der Waals surface area (Å²) in [4.78, 5) is 23.9. The minimum Gasteiger partial charge on any atom is -0.368 e. The van der Waals surface area contributed by atoms with Gasteiger partial charge in [0.25, 0.3) is 0 Å². The SMILES string of the molecule is CCc1cccc(NC(=O)CNC2(C(N)=O)CCCCC2)c1. The molecule has 5 nitrogen and oxygen atoms in total. The predicted molar refractivity (Wildman–Crippen MR) is 87.5 cm³/mol. The number of amides is 2. The van der Waals surface area contributed by atoms with Crippen LogP contribution in [0.4, 0.5) is 5.69 Å². The Bertz CT molecular complexity index is 536. The van der Waals surface area contributed by atoms with Crippen molar-refractivity contribution in [2.75, 3.05) is 11.9 Å². The molecule has 4 N–H and O–H groups in total. The topological polar surface area (TPSA) is 84.2 Å². The van der Waals surface area contributed by atoms with Crippen LogP contribution in [0.2, 0.25) is 0 Å². The van der Waals surface area contributed by atoms with Gasteiger partial charge in [-0.3, -0.25) is 14.9 Å². The molecule has 2 rings (SSSR count). The number of benzene rings is 1. The summed E-state index contributed by atoms with van der Waals surface area (Å²) in [6, 6.07) is 7.77. The van der Waals surface area contributed by atoms with Gasteiger partial charge < -0.3 is 11.1 Å². The molecular weight excluding hydrogens is 278 g/mol. The first kappa shape index (κ1) is 16.5. The first-order valence-corrected chi connectivity index (χ1v) is 7.99. The predicted octanol–water partition coefficient (Wildman–Crippen LogP) is 1.97. The number of anilines is 1. The van der Waals surface area contributed by atoms with E-state index in [0.717, 1.165) is 31.4 Å². The molecule has 0 aliphatic heterocycles. The summed E-state index contributed by atoms with van der Waals surface area (Å²) in [6.07, 6.45) is 5.40. The van der Waals surface area contributed by atoms with Crippen molar-refractivity contribution >= 4 is 17.5 Å². The van der Waals surface area contributed by atoms with E-state index in [2.05, 4.69) is 17.6 Å². The number of hydrogen-bond acceptors (Lipinski definition) is 3. The molecule has 1 saturated carbocycles. The second-order valence-electron chi connectivity index (χ2n) is 5.96. The molecule has 0 heterocycles. The van der Waals surface area contributed by atoms with Gasteiger partial charge in [0.05, 0.1) is 12.1 Å². The van der Waals surface area contributed by atoms with Crippen molar-refractivity contribution in [3.05, 3.63) is 29.8 Å². The fourth-order valence-corrected chi connectivity index (χ4v) is 2.99. The first-order valence-electron chi connectivity index (χ1n) is 7.99. The van der Waals surface area contributed by atoms with Crippen LogP contribution in [0.3, 0.4) is 0 Å². The average Bonchev–Trinajstić information content (AvgIpc) is 2.54. The van der Waals surface area contributed by atoms with Gasteiger partial charge in [-0.15, -0.1) is 0 Å². The van der Waals surface area contributed by atoms with E-state index >= 15 is 0 Å². The van der Waals surface area contributed by atoms with Crippen LogP contribution in [0, 0.1) is 0 Å². The summed E-state index contributed by atoms with van der Waals surface area (Å²) < 4.78 is 0. The molecule has 0 aromatic heterocycles. The molecule has 1 aliphatic rings. The van der Waals surface area contributed by atoms with E-state index in [1.165, 1.54) is 5.56 Å². The Morgan fingerprint density at radius 3 is 2.59 bits per heavy atom. The summed E-state index contributed by atoms with van der Waals surface area (Å²) >= 11 is 0. The third-order valence-corrected chi connectivity index (χ3v) is 4.39. The number of nitrogens with two attached hydrogens (primary N) is 1. The second-order valence-corrected chi connectivity index (χ2v) is 5.96. The Morgan fingerprint density at radius 1 is 1.23 bits per heavy atom. The lowest BCUT2D eigenvalue weighted by Gasteiger charge is -2.35. The Labute approximate surface area is 131 Å². The standard InChI is InChI=1S/C17H25N3O2/c1-2-13-7-6-8-14(11-13)20-15(21)12-19-17(16(18)22)9-4-3-5-10-17/h6-8,11,19H,2-5,9-10,12H2,1H3,(H2,18,22)(H,20,21). The van der Waals surface area contributed by atoms with E-state index < -0.39 is 5.54 Å². The first-order chi connectivity index (χ1) is 10.6. The third kappa shape index (κ3) is 4.07. The molecule has 0 bridgehead atoms. The fourth-order valence-electron chi connectivity index (χ4n) is 2.99. The molecular formula is C17H25N3O2. The second kappa shape index (κ2) is 7.40. The highest BCUT2D eigenvalue weighted by molar-refractivity contribution is 5.93. The number of rotatable bonds is 6.